The van der Waals surface area contributed by atoms with Crippen molar-refractivity contribution < 1.29 is 4.43 Å². The van der Waals surface area contributed by atoms with Crippen molar-refractivity contribution in [3.8, 4) is 0 Å². The molecule has 0 N–H and O–H groups in total. The van der Waals surface area contributed by atoms with Gasteiger partial charge >= 0.3 is 0 Å². The van der Waals surface area contributed by atoms with Crippen molar-refractivity contribution in [3.63, 3.8) is 0 Å². The summed E-state index contributed by atoms with van der Waals surface area (Å²) in [5, 5.41) is 0. The Morgan fingerprint density at radius 3 is 2.57 bits per heavy atom. The first kappa shape index (κ1) is 14.1. The standard InChI is InChI=1S/C10H22ClNOSi/c1-5-10(3)12-8-7-9-14(4,11)13-6-2/h5-9H2,1-4H3. The maximum atomic E-state index is 6.25. The van der Waals surface area contributed by atoms with Crippen LogP contribution < -0.4 is 0 Å². The van der Waals surface area contributed by atoms with Gasteiger partial charge in [0.25, 0.3) is 7.63 Å². The normalized spacial score (nSPS) is 16.8. The second kappa shape index (κ2) is 7.43. The summed E-state index contributed by atoms with van der Waals surface area (Å²) < 4.78 is 5.52. The summed E-state index contributed by atoms with van der Waals surface area (Å²) in [6.07, 6.45) is 2.09. The first-order valence-corrected chi connectivity index (χ1v) is 8.97. The summed E-state index contributed by atoms with van der Waals surface area (Å²) in [6, 6.07) is 0.989. The number of nitrogens with zero attached hydrogens (tertiary/aromatic N) is 1. The molecule has 0 bridgehead atoms. The van der Waals surface area contributed by atoms with Crippen LogP contribution in [0, 0.1) is 0 Å². The average Bonchev–Trinajstić information content (AvgIpc) is 2.12. The van der Waals surface area contributed by atoms with E-state index < -0.39 is 7.63 Å². The molecule has 4 heteroatoms. The van der Waals surface area contributed by atoms with Gasteiger partial charge in [-0.3, -0.25) is 4.99 Å². The van der Waals surface area contributed by atoms with E-state index in [1.54, 1.807) is 0 Å². The van der Waals surface area contributed by atoms with Gasteiger partial charge in [-0.1, -0.05) is 6.92 Å². The maximum absolute atomic E-state index is 6.25. The molecule has 84 valence electrons. The Kier molecular flexibility index (Phi) is 7.50. The Morgan fingerprint density at radius 1 is 1.43 bits per heavy atom. The van der Waals surface area contributed by atoms with E-state index in [0.717, 1.165) is 32.0 Å². The molecule has 14 heavy (non-hydrogen) atoms. The number of aliphatic imine (C=N–C) groups is 1. The molecule has 1 unspecified atom stereocenters. The second-order valence-corrected chi connectivity index (χ2v) is 9.00. The highest BCUT2D eigenvalue weighted by molar-refractivity contribution is 7.16. The van der Waals surface area contributed by atoms with E-state index in [2.05, 4.69) is 25.4 Å². The Hall–Kier alpha value is 0.137. The van der Waals surface area contributed by atoms with Crippen LogP contribution in [-0.2, 0) is 4.43 Å². The molecule has 0 heterocycles. The van der Waals surface area contributed by atoms with Crippen molar-refractivity contribution in [2.24, 2.45) is 4.99 Å². The Balaban J connectivity index is 3.63. The van der Waals surface area contributed by atoms with Gasteiger partial charge in [-0.05, 0) is 39.3 Å². The van der Waals surface area contributed by atoms with Gasteiger partial charge in [0.05, 0.1) is 0 Å². The molecule has 0 aromatic heterocycles. The van der Waals surface area contributed by atoms with Crippen LogP contribution in [0.2, 0.25) is 12.6 Å². The minimum absolute atomic E-state index is 0.726. The molecule has 0 radical (unpaired) electrons. The highest BCUT2D eigenvalue weighted by Gasteiger charge is 2.24. The second-order valence-electron chi connectivity index (χ2n) is 3.61. The summed E-state index contributed by atoms with van der Waals surface area (Å²) in [5.74, 6) is 0. The first-order valence-electron chi connectivity index (χ1n) is 5.34. The lowest BCUT2D eigenvalue weighted by molar-refractivity contribution is 0.338. The smallest absolute Gasteiger partial charge is 0.287 e. The lowest BCUT2D eigenvalue weighted by Gasteiger charge is -2.18. The molecule has 0 rings (SSSR count). The number of hydrogen-bond acceptors (Lipinski definition) is 2. The van der Waals surface area contributed by atoms with E-state index in [-0.39, 0.29) is 0 Å². The Labute approximate surface area is 93.5 Å². The van der Waals surface area contributed by atoms with Crippen LogP contribution in [0.3, 0.4) is 0 Å². The highest BCUT2D eigenvalue weighted by Crippen LogP contribution is 2.18. The molecule has 0 saturated carbocycles. The summed E-state index contributed by atoms with van der Waals surface area (Å²) in [7, 11) is -1.88. The van der Waals surface area contributed by atoms with Gasteiger partial charge in [-0.2, -0.15) is 0 Å². The van der Waals surface area contributed by atoms with E-state index in [1.165, 1.54) is 5.71 Å². The molecule has 0 aliphatic heterocycles. The average molecular weight is 236 g/mol. The molecule has 0 fully saturated rings. The van der Waals surface area contributed by atoms with E-state index in [9.17, 15) is 0 Å². The van der Waals surface area contributed by atoms with Crippen molar-refractivity contribution in [2.45, 2.75) is 46.2 Å². The van der Waals surface area contributed by atoms with E-state index in [4.69, 9.17) is 15.5 Å². The SMILES string of the molecule is CCO[Si](C)(Cl)CCCN=C(C)CC. The molecule has 0 aliphatic rings. The zero-order valence-corrected chi connectivity index (χ0v) is 11.5. The van der Waals surface area contributed by atoms with Gasteiger partial charge < -0.3 is 4.43 Å². The van der Waals surface area contributed by atoms with Crippen molar-refractivity contribution >= 4 is 24.4 Å². The fourth-order valence-electron chi connectivity index (χ4n) is 1.15. The molecule has 0 amide bonds. The Bertz CT molecular complexity index is 183. The van der Waals surface area contributed by atoms with Gasteiger partial charge in [0.1, 0.15) is 0 Å². The molecule has 2 nitrogen and oxygen atoms in total. The third-order valence-corrected chi connectivity index (χ3v) is 5.15. The van der Waals surface area contributed by atoms with Crippen LogP contribution in [0.5, 0.6) is 0 Å². The zero-order valence-electron chi connectivity index (χ0n) is 9.77. The summed E-state index contributed by atoms with van der Waals surface area (Å²) in [6.45, 7) is 9.85. The molecular weight excluding hydrogens is 214 g/mol. The lowest BCUT2D eigenvalue weighted by Crippen LogP contribution is -2.27. The maximum Gasteiger partial charge on any atom is 0.287 e. The third kappa shape index (κ3) is 7.53. The Morgan fingerprint density at radius 2 is 2.07 bits per heavy atom. The topological polar surface area (TPSA) is 21.6 Å². The summed E-state index contributed by atoms with van der Waals surface area (Å²) in [4.78, 5) is 4.43. The quantitative estimate of drug-likeness (QED) is 0.286. The predicted octanol–water partition coefficient (Wildman–Crippen LogP) is 3.59. The number of halogens is 1. The van der Waals surface area contributed by atoms with Crippen LogP contribution in [0.15, 0.2) is 4.99 Å². The molecule has 1 atom stereocenters. The fourth-order valence-corrected chi connectivity index (χ4v) is 3.41. The lowest BCUT2D eigenvalue weighted by atomic mass is 10.3. The highest BCUT2D eigenvalue weighted by atomic mass is 35.6. The molecule has 0 saturated heterocycles. The zero-order chi connectivity index (χ0) is 11.0. The minimum Gasteiger partial charge on any atom is -0.403 e. The fraction of sp³-hybridized carbons (Fsp3) is 0.900. The van der Waals surface area contributed by atoms with E-state index >= 15 is 0 Å². The van der Waals surface area contributed by atoms with Crippen LogP contribution in [0.4, 0.5) is 0 Å². The molecule has 0 aromatic carbocycles. The van der Waals surface area contributed by atoms with Gasteiger partial charge in [0.15, 0.2) is 0 Å². The van der Waals surface area contributed by atoms with Crippen molar-refractivity contribution in [3.05, 3.63) is 0 Å². The van der Waals surface area contributed by atoms with Crippen LogP contribution in [0.1, 0.15) is 33.6 Å². The summed E-state index contributed by atoms with van der Waals surface area (Å²) in [5.41, 5.74) is 1.22. The number of rotatable bonds is 7. The van der Waals surface area contributed by atoms with Gasteiger partial charge in [0.2, 0.25) is 0 Å². The van der Waals surface area contributed by atoms with Crippen molar-refractivity contribution in [2.75, 3.05) is 13.2 Å². The van der Waals surface area contributed by atoms with E-state index in [1.807, 2.05) is 6.92 Å². The van der Waals surface area contributed by atoms with Gasteiger partial charge in [-0.15, -0.1) is 11.1 Å². The molecule has 0 spiro atoms. The van der Waals surface area contributed by atoms with Crippen molar-refractivity contribution in [1.82, 2.24) is 0 Å². The van der Waals surface area contributed by atoms with Crippen LogP contribution >= 0.6 is 11.1 Å². The van der Waals surface area contributed by atoms with Crippen molar-refractivity contribution in [1.29, 1.82) is 0 Å². The minimum atomic E-state index is -1.88. The van der Waals surface area contributed by atoms with Gasteiger partial charge in [-0.25, -0.2) is 0 Å². The van der Waals surface area contributed by atoms with Gasteiger partial charge in [0, 0.05) is 18.9 Å². The van der Waals surface area contributed by atoms with Crippen LogP contribution in [0.25, 0.3) is 0 Å². The molecular formula is C10H22ClNOSi. The van der Waals surface area contributed by atoms with Crippen LogP contribution in [-0.4, -0.2) is 26.5 Å². The van der Waals surface area contributed by atoms with E-state index in [0.29, 0.717) is 0 Å². The molecule has 0 aromatic rings. The first-order chi connectivity index (χ1) is 6.52. The summed E-state index contributed by atoms with van der Waals surface area (Å²) >= 11 is 6.25. The molecule has 0 aliphatic carbocycles. The largest absolute Gasteiger partial charge is 0.403 e. The monoisotopic (exact) mass is 235 g/mol. The predicted molar refractivity (Wildman–Crippen MR) is 66.8 cm³/mol. The number of hydrogen-bond donors (Lipinski definition) is 0. The third-order valence-electron chi connectivity index (χ3n) is 2.12.